The molecule has 0 spiro atoms. The predicted octanol–water partition coefficient (Wildman–Crippen LogP) is 4.75. The van der Waals surface area contributed by atoms with Crippen molar-refractivity contribution in [2.45, 2.75) is 17.7 Å². The largest absolute Gasteiger partial charge is 0.298 e. The molecule has 10 heteroatoms. The van der Waals surface area contributed by atoms with Gasteiger partial charge in [0.15, 0.2) is 5.13 Å². The lowest BCUT2D eigenvalue weighted by molar-refractivity contribution is 0.102. The van der Waals surface area contributed by atoms with Crippen LogP contribution in [0.25, 0.3) is 10.2 Å². The van der Waals surface area contributed by atoms with Crippen LogP contribution in [-0.4, -0.2) is 36.7 Å². The van der Waals surface area contributed by atoms with Crippen LogP contribution in [0.5, 0.6) is 0 Å². The third kappa shape index (κ3) is 3.81. The van der Waals surface area contributed by atoms with Crippen molar-refractivity contribution < 1.29 is 13.2 Å². The van der Waals surface area contributed by atoms with Crippen LogP contribution in [0.1, 0.15) is 23.2 Å². The van der Waals surface area contributed by atoms with Crippen LogP contribution in [-0.2, 0) is 10.0 Å². The minimum absolute atomic E-state index is 0.249. The summed E-state index contributed by atoms with van der Waals surface area (Å²) in [5.74, 6) is -0.379. The molecule has 0 atom stereocenters. The first-order valence-corrected chi connectivity index (χ1v) is 11.9. The number of rotatable bonds is 4. The molecule has 1 amide bonds. The molecule has 0 aliphatic carbocycles. The number of hydrogen-bond donors (Lipinski definition) is 1. The highest BCUT2D eigenvalue weighted by atomic mass is 79.9. The van der Waals surface area contributed by atoms with Crippen LogP contribution in [0.2, 0.25) is 5.02 Å². The topological polar surface area (TPSA) is 79.4 Å². The van der Waals surface area contributed by atoms with Gasteiger partial charge in [0.1, 0.15) is 0 Å². The lowest BCUT2D eigenvalue weighted by Crippen LogP contribution is -2.27. The van der Waals surface area contributed by atoms with Gasteiger partial charge in [-0.05, 0) is 49.2 Å². The van der Waals surface area contributed by atoms with Gasteiger partial charge in [0.25, 0.3) is 5.91 Å². The molecule has 0 radical (unpaired) electrons. The number of thiazole rings is 1. The minimum Gasteiger partial charge on any atom is -0.298 e. The quantitative estimate of drug-likeness (QED) is 0.561. The zero-order valence-electron chi connectivity index (χ0n) is 14.5. The molecule has 0 saturated carbocycles. The van der Waals surface area contributed by atoms with Gasteiger partial charge >= 0.3 is 0 Å². The Kier molecular flexibility index (Phi) is 5.45. The van der Waals surface area contributed by atoms with Gasteiger partial charge in [-0.15, -0.1) is 0 Å². The third-order valence-corrected chi connectivity index (χ3v) is 8.11. The van der Waals surface area contributed by atoms with Crippen molar-refractivity contribution in [2.24, 2.45) is 0 Å². The monoisotopic (exact) mass is 499 g/mol. The molecule has 0 unspecified atom stereocenters. The fourth-order valence-corrected chi connectivity index (χ4v) is 6.12. The number of carbonyl (C=O) groups excluding carboxylic acids is 1. The Labute approximate surface area is 179 Å². The normalized spacial score (nSPS) is 15.2. The second-order valence-corrected chi connectivity index (χ2v) is 10.6. The van der Waals surface area contributed by atoms with E-state index in [1.165, 1.54) is 15.6 Å². The molecule has 6 nitrogen and oxygen atoms in total. The van der Waals surface area contributed by atoms with Crippen molar-refractivity contribution in [1.82, 2.24) is 9.29 Å². The Morgan fingerprint density at radius 1 is 1.18 bits per heavy atom. The lowest BCUT2D eigenvalue weighted by Gasteiger charge is -2.15. The van der Waals surface area contributed by atoms with Crippen molar-refractivity contribution in [3.63, 3.8) is 0 Å². The number of anilines is 1. The summed E-state index contributed by atoms with van der Waals surface area (Å²) in [6.07, 6.45) is 1.77. The maximum Gasteiger partial charge on any atom is 0.258 e. The van der Waals surface area contributed by atoms with Gasteiger partial charge in [-0.2, -0.15) is 4.31 Å². The fraction of sp³-hybridized carbons (Fsp3) is 0.222. The van der Waals surface area contributed by atoms with Gasteiger partial charge in [0, 0.05) is 17.6 Å². The average Bonchev–Trinajstić information content (AvgIpc) is 3.32. The van der Waals surface area contributed by atoms with Crippen LogP contribution in [0.15, 0.2) is 45.8 Å². The van der Waals surface area contributed by atoms with Crippen molar-refractivity contribution in [1.29, 1.82) is 0 Å². The Hall–Kier alpha value is -1.52. The highest BCUT2D eigenvalue weighted by Gasteiger charge is 2.27. The summed E-state index contributed by atoms with van der Waals surface area (Å²) < 4.78 is 28.4. The van der Waals surface area contributed by atoms with Crippen LogP contribution in [0.4, 0.5) is 5.13 Å². The molecule has 1 fully saturated rings. The molecular weight excluding hydrogens is 486 g/mol. The van der Waals surface area contributed by atoms with Crippen LogP contribution >= 0.6 is 38.9 Å². The number of amides is 1. The molecule has 4 rings (SSSR count). The molecule has 3 aromatic rings. The van der Waals surface area contributed by atoms with E-state index >= 15 is 0 Å². The molecule has 1 aliphatic rings. The Bertz CT molecular complexity index is 1170. The second kappa shape index (κ2) is 7.72. The van der Waals surface area contributed by atoms with E-state index in [0.717, 1.165) is 17.3 Å². The average molecular weight is 501 g/mol. The summed E-state index contributed by atoms with van der Waals surface area (Å²) in [6.45, 7) is 1.11. The van der Waals surface area contributed by atoms with Gasteiger partial charge in [-0.25, -0.2) is 13.4 Å². The standard InChI is InChI=1S/C18H15BrClN3O3S2/c19-11-3-5-14(20)13(9-11)17(24)22-18-21-15-6-4-12(10-16(15)27-18)28(25,26)23-7-1-2-8-23/h3-6,9-10H,1-2,7-8H2,(H,21,22,24). The molecule has 2 heterocycles. The summed E-state index contributed by atoms with van der Waals surface area (Å²) in [5.41, 5.74) is 0.952. The van der Waals surface area contributed by atoms with Crippen molar-refractivity contribution in [2.75, 3.05) is 18.4 Å². The molecule has 1 aromatic heterocycles. The highest BCUT2D eigenvalue weighted by molar-refractivity contribution is 9.10. The first-order chi connectivity index (χ1) is 13.3. The summed E-state index contributed by atoms with van der Waals surface area (Å²) in [5, 5.41) is 3.45. The van der Waals surface area contributed by atoms with E-state index in [2.05, 4.69) is 26.2 Å². The van der Waals surface area contributed by atoms with Crippen LogP contribution in [0.3, 0.4) is 0 Å². The Morgan fingerprint density at radius 2 is 1.93 bits per heavy atom. The van der Waals surface area contributed by atoms with E-state index in [9.17, 15) is 13.2 Å². The van der Waals surface area contributed by atoms with Crippen molar-refractivity contribution >= 4 is 70.1 Å². The summed E-state index contributed by atoms with van der Waals surface area (Å²) in [7, 11) is -3.50. The van der Waals surface area contributed by atoms with Crippen molar-refractivity contribution in [3.05, 3.63) is 51.5 Å². The number of nitrogens with zero attached hydrogens (tertiary/aromatic N) is 2. The SMILES string of the molecule is O=C(Nc1nc2ccc(S(=O)(=O)N3CCCC3)cc2s1)c1cc(Br)ccc1Cl. The number of fused-ring (bicyclic) bond motifs is 1. The van der Waals surface area contributed by atoms with Gasteiger partial charge in [0.05, 0.1) is 25.7 Å². The molecule has 1 N–H and O–H groups in total. The fourth-order valence-electron chi connectivity index (χ4n) is 3.03. The molecular formula is C18H15BrClN3O3S2. The molecule has 2 aromatic carbocycles. The van der Waals surface area contributed by atoms with E-state index < -0.39 is 10.0 Å². The molecule has 0 bridgehead atoms. The molecule has 1 aliphatic heterocycles. The number of sulfonamides is 1. The van der Waals surface area contributed by atoms with E-state index in [1.807, 2.05) is 0 Å². The van der Waals surface area contributed by atoms with E-state index in [4.69, 9.17) is 11.6 Å². The Morgan fingerprint density at radius 3 is 2.68 bits per heavy atom. The second-order valence-electron chi connectivity index (χ2n) is 6.34. The summed E-state index contributed by atoms with van der Waals surface area (Å²) >= 11 is 10.6. The molecule has 1 saturated heterocycles. The van der Waals surface area contributed by atoms with Gasteiger partial charge in [-0.3, -0.25) is 10.1 Å². The number of benzene rings is 2. The first-order valence-electron chi connectivity index (χ1n) is 8.52. The zero-order chi connectivity index (χ0) is 19.9. The predicted molar refractivity (Wildman–Crippen MR) is 115 cm³/mol. The minimum atomic E-state index is -3.50. The number of carbonyl (C=O) groups is 1. The lowest BCUT2D eigenvalue weighted by atomic mass is 10.2. The van der Waals surface area contributed by atoms with Crippen molar-refractivity contribution in [3.8, 4) is 0 Å². The van der Waals surface area contributed by atoms with Gasteiger partial charge in [0.2, 0.25) is 10.0 Å². The van der Waals surface area contributed by atoms with Crippen LogP contribution < -0.4 is 5.32 Å². The van der Waals surface area contributed by atoms with E-state index in [-0.39, 0.29) is 10.8 Å². The van der Waals surface area contributed by atoms with Gasteiger partial charge < -0.3 is 0 Å². The van der Waals surface area contributed by atoms with E-state index in [0.29, 0.717) is 39.0 Å². The number of aromatic nitrogens is 1. The molecule has 28 heavy (non-hydrogen) atoms. The number of hydrogen-bond acceptors (Lipinski definition) is 5. The Balaban J connectivity index is 1.61. The summed E-state index contributed by atoms with van der Waals surface area (Å²) in [6, 6.07) is 9.85. The van der Waals surface area contributed by atoms with Crippen LogP contribution in [0, 0.1) is 0 Å². The van der Waals surface area contributed by atoms with Gasteiger partial charge in [-0.1, -0.05) is 38.9 Å². The highest BCUT2D eigenvalue weighted by Crippen LogP contribution is 2.31. The zero-order valence-corrected chi connectivity index (χ0v) is 18.5. The maximum absolute atomic E-state index is 12.7. The third-order valence-electron chi connectivity index (χ3n) is 4.46. The summed E-state index contributed by atoms with van der Waals surface area (Å²) in [4.78, 5) is 17.1. The van der Waals surface area contributed by atoms with E-state index in [1.54, 1.807) is 36.4 Å². The smallest absolute Gasteiger partial charge is 0.258 e. The maximum atomic E-state index is 12.7. The molecule has 146 valence electrons. The number of halogens is 2. The first kappa shape index (κ1) is 19.8. The number of nitrogens with one attached hydrogen (secondary N) is 1.